The molecule has 0 atom stereocenters. The van der Waals surface area contributed by atoms with Gasteiger partial charge in [-0.3, -0.25) is 9.55 Å². The van der Waals surface area contributed by atoms with E-state index in [-0.39, 0.29) is 43.1 Å². The maximum absolute atomic E-state index is 11.7. The van der Waals surface area contributed by atoms with Gasteiger partial charge in [-0.05, 0) is 103 Å². The predicted octanol–water partition coefficient (Wildman–Crippen LogP) is 14.8. The van der Waals surface area contributed by atoms with Gasteiger partial charge in [-0.15, -0.1) is 35.4 Å². The molecule has 61 heavy (non-hydrogen) atoms. The standard InChI is InChI=1S/C56H52N3O.Pt/c1-54(2,3)42-21-24-45(25-22-42)59-49-32-41(37-20-19-35-14-10-11-15-36(35)28-37)31-46(52(49)58-53(59)48-33-43(55(4,5)6)23-26-50(48)60)38-16-12-17-39(29-38)47-34-44(56(7,8)9)30-40-18-13-27-57-51(40)47;/h10-28,30-34,60H,1-9H3;/q-1;. The minimum Gasteiger partial charge on any atom is -0.507 e. The van der Waals surface area contributed by atoms with Crippen LogP contribution in [0.1, 0.15) is 79.0 Å². The van der Waals surface area contributed by atoms with Crippen molar-refractivity contribution in [1.29, 1.82) is 0 Å². The molecule has 1 N–H and O–H groups in total. The van der Waals surface area contributed by atoms with Crippen LogP contribution >= 0.6 is 0 Å². The van der Waals surface area contributed by atoms with E-state index >= 15 is 0 Å². The van der Waals surface area contributed by atoms with E-state index in [1.54, 1.807) is 0 Å². The van der Waals surface area contributed by atoms with Crippen molar-refractivity contribution in [3.8, 4) is 56.2 Å². The molecule has 0 bridgehead atoms. The number of aromatic nitrogens is 3. The van der Waals surface area contributed by atoms with Gasteiger partial charge in [0.2, 0.25) is 0 Å². The average molecular weight is 978 g/mol. The van der Waals surface area contributed by atoms with Crippen LogP contribution in [-0.2, 0) is 37.3 Å². The van der Waals surface area contributed by atoms with Crippen LogP contribution in [-0.4, -0.2) is 19.6 Å². The predicted molar refractivity (Wildman–Crippen MR) is 252 cm³/mol. The molecule has 0 radical (unpaired) electrons. The molecular weight excluding hydrogens is 926 g/mol. The van der Waals surface area contributed by atoms with Gasteiger partial charge in [-0.1, -0.05) is 152 Å². The fourth-order valence-corrected chi connectivity index (χ4v) is 8.27. The summed E-state index contributed by atoms with van der Waals surface area (Å²) >= 11 is 0. The normalized spacial score (nSPS) is 12.3. The van der Waals surface area contributed by atoms with Gasteiger partial charge in [0, 0.05) is 38.5 Å². The second-order valence-corrected chi connectivity index (χ2v) is 19.3. The van der Waals surface area contributed by atoms with Crippen LogP contribution in [0, 0.1) is 6.07 Å². The molecule has 0 aliphatic carbocycles. The van der Waals surface area contributed by atoms with Gasteiger partial charge >= 0.3 is 0 Å². The van der Waals surface area contributed by atoms with Crippen molar-refractivity contribution < 1.29 is 26.2 Å². The SMILES string of the molecule is CC(C)(C)c1ccc(-n2c(-c3cc(C(C)(C)C)ccc3O)nc3c(-c4[c-]c(-c5cc(C(C)(C)C)cc6cccnc56)ccc4)cc(-c4ccc5ccccc5c4)cc32)cc1.[Pt]. The molecule has 0 aliphatic rings. The van der Waals surface area contributed by atoms with E-state index in [0.29, 0.717) is 11.4 Å². The number of nitrogens with zero attached hydrogens (tertiary/aromatic N) is 3. The summed E-state index contributed by atoms with van der Waals surface area (Å²) in [5.41, 5.74) is 13.9. The summed E-state index contributed by atoms with van der Waals surface area (Å²) < 4.78 is 2.23. The summed E-state index contributed by atoms with van der Waals surface area (Å²) in [5.74, 6) is 0.868. The molecule has 308 valence electrons. The topological polar surface area (TPSA) is 50.9 Å². The third kappa shape index (κ3) is 7.95. The quantitative estimate of drug-likeness (QED) is 0.175. The maximum atomic E-state index is 11.7. The number of rotatable bonds is 5. The van der Waals surface area contributed by atoms with Gasteiger partial charge in [0.15, 0.2) is 0 Å². The van der Waals surface area contributed by atoms with Crippen LogP contribution in [0.25, 0.3) is 83.2 Å². The molecule has 0 spiro atoms. The van der Waals surface area contributed by atoms with E-state index in [0.717, 1.165) is 66.6 Å². The fourth-order valence-electron chi connectivity index (χ4n) is 8.27. The first-order valence-corrected chi connectivity index (χ1v) is 21.0. The van der Waals surface area contributed by atoms with Gasteiger partial charge in [0.1, 0.15) is 11.6 Å². The van der Waals surface area contributed by atoms with Crippen molar-refractivity contribution in [3.63, 3.8) is 0 Å². The molecule has 2 aromatic heterocycles. The summed E-state index contributed by atoms with van der Waals surface area (Å²) in [7, 11) is 0. The van der Waals surface area contributed by atoms with Gasteiger partial charge < -0.3 is 5.11 Å². The zero-order chi connectivity index (χ0) is 42.1. The van der Waals surface area contributed by atoms with Crippen LogP contribution in [0.2, 0.25) is 0 Å². The molecule has 0 aliphatic heterocycles. The molecule has 2 heterocycles. The zero-order valence-corrected chi connectivity index (χ0v) is 38.7. The number of phenolic OH excluding ortho intramolecular Hbond substituents is 1. The fraction of sp³-hybridized carbons (Fsp3) is 0.214. The van der Waals surface area contributed by atoms with Crippen LogP contribution in [0.5, 0.6) is 5.75 Å². The van der Waals surface area contributed by atoms with Crippen LogP contribution in [0.4, 0.5) is 0 Å². The number of phenols is 1. The van der Waals surface area contributed by atoms with E-state index < -0.39 is 0 Å². The number of benzene rings is 7. The zero-order valence-electron chi connectivity index (χ0n) is 36.5. The number of imidazole rings is 1. The molecule has 7 aromatic carbocycles. The Bertz CT molecular complexity index is 3100. The Balaban J connectivity index is 0.00000514. The van der Waals surface area contributed by atoms with E-state index in [2.05, 4.69) is 194 Å². The molecule has 0 saturated heterocycles. The van der Waals surface area contributed by atoms with Crippen molar-refractivity contribution in [2.45, 2.75) is 78.6 Å². The molecular formula is C56H52N3OPt-. The number of fused-ring (bicyclic) bond motifs is 3. The van der Waals surface area contributed by atoms with Crippen molar-refractivity contribution in [3.05, 3.63) is 168 Å². The Morgan fingerprint density at radius 3 is 1.80 bits per heavy atom. The van der Waals surface area contributed by atoms with Crippen molar-refractivity contribution in [2.75, 3.05) is 0 Å². The summed E-state index contributed by atoms with van der Waals surface area (Å²) in [4.78, 5) is 10.4. The third-order valence-corrected chi connectivity index (χ3v) is 11.9. The largest absolute Gasteiger partial charge is 0.507 e. The smallest absolute Gasteiger partial charge is 0.148 e. The molecule has 4 nitrogen and oxygen atoms in total. The Hall–Kier alpha value is -5.83. The Labute approximate surface area is 374 Å². The van der Waals surface area contributed by atoms with Gasteiger partial charge in [-0.2, -0.15) is 0 Å². The number of hydrogen-bond donors (Lipinski definition) is 1. The number of pyridine rings is 1. The summed E-state index contributed by atoms with van der Waals surface area (Å²) in [6.07, 6.45) is 1.87. The van der Waals surface area contributed by atoms with E-state index in [9.17, 15) is 5.11 Å². The molecule has 0 fully saturated rings. The van der Waals surface area contributed by atoms with Gasteiger partial charge in [-0.25, -0.2) is 4.98 Å². The molecule has 9 rings (SSSR count). The summed E-state index contributed by atoms with van der Waals surface area (Å²) in [6.45, 7) is 20.1. The Kier molecular flexibility index (Phi) is 10.7. The average Bonchev–Trinajstić information content (AvgIpc) is 3.61. The van der Waals surface area contributed by atoms with E-state index in [1.165, 1.54) is 21.9 Å². The molecule has 0 amide bonds. The molecule has 5 heteroatoms. The number of hydrogen-bond acceptors (Lipinski definition) is 3. The second kappa shape index (κ2) is 15.6. The molecule has 0 saturated carbocycles. The third-order valence-electron chi connectivity index (χ3n) is 11.9. The van der Waals surface area contributed by atoms with Crippen molar-refractivity contribution >= 4 is 32.7 Å². The minimum atomic E-state index is -0.138. The van der Waals surface area contributed by atoms with Crippen LogP contribution in [0.3, 0.4) is 0 Å². The van der Waals surface area contributed by atoms with E-state index in [4.69, 9.17) is 9.97 Å². The first kappa shape index (κ1) is 41.9. The minimum absolute atomic E-state index is 0. The van der Waals surface area contributed by atoms with Crippen LogP contribution < -0.4 is 0 Å². The first-order valence-electron chi connectivity index (χ1n) is 21.0. The maximum Gasteiger partial charge on any atom is 0.148 e. The summed E-state index contributed by atoms with van der Waals surface area (Å²) in [5, 5.41) is 15.2. The second-order valence-electron chi connectivity index (χ2n) is 19.3. The number of aromatic hydroxyl groups is 1. The molecule has 0 unspecified atom stereocenters. The monoisotopic (exact) mass is 977 g/mol. The molecule has 9 aromatic rings. The van der Waals surface area contributed by atoms with Gasteiger partial charge in [0.25, 0.3) is 0 Å². The first-order chi connectivity index (χ1) is 28.5. The van der Waals surface area contributed by atoms with Crippen molar-refractivity contribution in [2.24, 2.45) is 0 Å². The Morgan fingerprint density at radius 2 is 1.11 bits per heavy atom. The Morgan fingerprint density at radius 1 is 0.492 bits per heavy atom. The van der Waals surface area contributed by atoms with Crippen molar-refractivity contribution in [1.82, 2.24) is 14.5 Å². The summed E-state index contributed by atoms with van der Waals surface area (Å²) in [6, 6.07) is 53.4. The van der Waals surface area contributed by atoms with E-state index in [1.807, 2.05) is 24.4 Å². The van der Waals surface area contributed by atoms with Crippen LogP contribution in [0.15, 0.2) is 146 Å². The van der Waals surface area contributed by atoms with Gasteiger partial charge in [0.05, 0.1) is 16.6 Å².